The predicted molar refractivity (Wildman–Crippen MR) is 116 cm³/mol. The van der Waals surface area contributed by atoms with Gasteiger partial charge in [-0.3, -0.25) is 4.55 Å². The second-order valence-electron chi connectivity index (χ2n) is 7.78. The SMILES string of the molecule is Cc1ccc(S(=O)(=O)N=S2(=O)CCC(Cc3cc(C)ccc3S(=O)(=O)O)CC2)cc1. The van der Waals surface area contributed by atoms with Crippen LogP contribution in [-0.2, 0) is 36.3 Å². The fourth-order valence-electron chi connectivity index (χ4n) is 3.59. The maximum Gasteiger partial charge on any atom is 0.294 e. The number of benzene rings is 2. The van der Waals surface area contributed by atoms with Gasteiger partial charge in [-0.25, -0.2) is 4.21 Å². The van der Waals surface area contributed by atoms with Gasteiger partial charge in [-0.15, -0.1) is 3.77 Å². The van der Waals surface area contributed by atoms with E-state index in [2.05, 4.69) is 3.77 Å². The molecule has 0 amide bonds. The van der Waals surface area contributed by atoms with Gasteiger partial charge in [0.2, 0.25) is 0 Å². The first kappa shape index (κ1) is 22.9. The summed E-state index contributed by atoms with van der Waals surface area (Å²) in [6.07, 6.45) is 1.33. The van der Waals surface area contributed by atoms with Gasteiger partial charge in [-0.05, 0) is 62.8 Å². The molecule has 1 saturated heterocycles. The van der Waals surface area contributed by atoms with E-state index in [0.29, 0.717) is 24.8 Å². The number of sulfonamides is 1. The Morgan fingerprint density at radius 2 is 1.53 bits per heavy atom. The van der Waals surface area contributed by atoms with Crippen molar-refractivity contribution in [1.29, 1.82) is 0 Å². The lowest BCUT2D eigenvalue weighted by atomic mass is 9.93. The molecule has 3 rings (SSSR count). The molecule has 0 saturated carbocycles. The molecule has 0 aliphatic carbocycles. The van der Waals surface area contributed by atoms with Gasteiger partial charge < -0.3 is 0 Å². The smallest absolute Gasteiger partial charge is 0.282 e. The standard InChI is InChI=1S/C20H25NO6S3/c1-15-3-6-19(7-4-15)29(23,24)21-28(22)11-9-17(10-12-28)14-18-13-16(2)5-8-20(18)30(25,26)27/h3-8,13,17H,9-12,14H2,1-2H3,(H,25,26,27). The molecule has 30 heavy (non-hydrogen) atoms. The summed E-state index contributed by atoms with van der Waals surface area (Å²) in [7, 11) is -11.3. The first-order chi connectivity index (χ1) is 13.9. The van der Waals surface area contributed by atoms with E-state index in [9.17, 15) is 25.6 Å². The molecule has 1 aliphatic rings. The van der Waals surface area contributed by atoms with Crippen LogP contribution in [0, 0.1) is 19.8 Å². The van der Waals surface area contributed by atoms with Crippen LogP contribution in [0.4, 0.5) is 0 Å². The number of hydrogen-bond acceptors (Lipinski definition) is 5. The van der Waals surface area contributed by atoms with Crippen LogP contribution in [0.2, 0.25) is 0 Å². The van der Waals surface area contributed by atoms with E-state index in [1.54, 1.807) is 24.3 Å². The Kier molecular flexibility index (Phi) is 6.43. The summed E-state index contributed by atoms with van der Waals surface area (Å²) in [5.74, 6) is 0.296. The van der Waals surface area contributed by atoms with Crippen LogP contribution in [-0.4, -0.2) is 37.1 Å². The summed E-state index contributed by atoms with van der Waals surface area (Å²) >= 11 is 0. The average molecular weight is 472 g/mol. The predicted octanol–water partition coefficient (Wildman–Crippen LogP) is 3.36. The van der Waals surface area contributed by atoms with E-state index >= 15 is 0 Å². The summed E-state index contributed by atoms with van der Waals surface area (Å²) in [4.78, 5) is -0.0958. The molecular weight excluding hydrogens is 446 g/mol. The largest absolute Gasteiger partial charge is 0.294 e. The Balaban J connectivity index is 1.78. The van der Waals surface area contributed by atoms with Crippen LogP contribution in [0.15, 0.2) is 56.0 Å². The normalized spacial score (nSPS) is 22.6. The molecule has 0 radical (unpaired) electrons. The third kappa shape index (κ3) is 5.48. The maximum atomic E-state index is 13.1. The molecule has 0 bridgehead atoms. The number of aryl methyl sites for hydroxylation is 2. The minimum Gasteiger partial charge on any atom is -0.282 e. The Hall–Kier alpha value is -1.75. The third-order valence-corrected chi connectivity index (χ3v) is 10.7. The summed E-state index contributed by atoms with van der Waals surface area (Å²) in [5.41, 5.74) is 2.30. The molecular formula is C20H25NO6S3. The van der Waals surface area contributed by atoms with Crippen LogP contribution in [0.1, 0.15) is 29.5 Å². The van der Waals surface area contributed by atoms with E-state index in [1.807, 2.05) is 13.8 Å². The van der Waals surface area contributed by atoms with E-state index in [-0.39, 0.29) is 27.2 Å². The highest BCUT2D eigenvalue weighted by Crippen LogP contribution is 2.29. The lowest BCUT2D eigenvalue weighted by Crippen LogP contribution is -2.26. The molecule has 0 spiro atoms. The third-order valence-electron chi connectivity index (χ3n) is 5.25. The molecule has 7 nitrogen and oxygen atoms in total. The van der Waals surface area contributed by atoms with Gasteiger partial charge in [-0.1, -0.05) is 35.4 Å². The molecule has 10 heteroatoms. The van der Waals surface area contributed by atoms with Crippen molar-refractivity contribution in [1.82, 2.24) is 0 Å². The first-order valence-electron chi connectivity index (χ1n) is 9.50. The summed E-state index contributed by atoms with van der Waals surface area (Å²) in [6.45, 7) is 3.68. The van der Waals surface area contributed by atoms with Gasteiger partial charge in [-0.2, -0.15) is 16.8 Å². The van der Waals surface area contributed by atoms with Crippen molar-refractivity contribution in [3.63, 3.8) is 0 Å². The van der Waals surface area contributed by atoms with Crippen LogP contribution in [0.3, 0.4) is 0 Å². The average Bonchev–Trinajstić information content (AvgIpc) is 2.63. The highest BCUT2D eigenvalue weighted by Gasteiger charge is 2.27. The van der Waals surface area contributed by atoms with Gasteiger partial charge >= 0.3 is 0 Å². The van der Waals surface area contributed by atoms with Gasteiger partial charge in [0.1, 0.15) is 0 Å². The molecule has 1 aliphatic heterocycles. The molecule has 0 atom stereocenters. The number of hydrogen-bond donors (Lipinski definition) is 1. The van der Waals surface area contributed by atoms with Crippen LogP contribution >= 0.6 is 0 Å². The Bertz CT molecular complexity index is 1260. The number of nitrogens with zero attached hydrogens (tertiary/aromatic N) is 1. The highest BCUT2D eigenvalue weighted by molar-refractivity contribution is 8.03. The van der Waals surface area contributed by atoms with Crippen molar-refractivity contribution < 1.29 is 25.6 Å². The molecule has 0 aromatic heterocycles. The van der Waals surface area contributed by atoms with Crippen molar-refractivity contribution in [3.8, 4) is 0 Å². The van der Waals surface area contributed by atoms with Crippen molar-refractivity contribution in [2.24, 2.45) is 9.69 Å². The van der Waals surface area contributed by atoms with Crippen LogP contribution in [0.25, 0.3) is 0 Å². The molecule has 1 N–H and O–H groups in total. The van der Waals surface area contributed by atoms with Crippen molar-refractivity contribution >= 4 is 29.9 Å². The number of rotatable bonds is 5. The van der Waals surface area contributed by atoms with E-state index in [1.165, 1.54) is 18.2 Å². The Morgan fingerprint density at radius 3 is 2.10 bits per heavy atom. The van der Waals surface area contributed by atoms with E-state index in [0.717, 1.165) is 11.1 Å². The van der Waals surface area contributed by atoms with Crippen LogP contribution in [0.5, 0.6) is 0 Å². The van der Waals surface area contributed by atoms with Gasteiger partial charge in [0.25, 0.3) is 20.1 Å². The topological polar surface area (TPSA) is 118 Å². The fourth-order valence-corrected chi connectivity index (χ4v) is 8.76. The molecule has 1 fully saturated rings. The summed E-state index contributed by atoms with van der Waals surface area (Å²) in [6, 6.07) is 11.0. The second-order valence-corrected chi connectivity index (χ2v) is 13.5. The molecule has 1 heterocycles. The van der Waals surface area contributed by atoms with E-state index < -0.39 is 29.9 Å². The van der Waals surface area contributed by atoms with Gasteiger partial charge in [0.15, 0.2) is 0 Å². The summed E-state index contributed by atoms with van der Waals surface area (Å²) < 4.78 is 74.7. The minimum absolute atomic E-state index is 0.0236. The Labute approximate surface area is 178 Å². The van der Waals surface area contributed by atoms with Gasteiger partial charge in [0, 0.05) is 11.5 Å². The van der Waals surface area contributed by atoms with E-state index in [4.69, 9.17) is 0 Å². The molecule has 2 aromatic carbocycles. The zero-order valence-corrected chi connectivity index (χ0v) is 19.3. The Morgan fingerprint density at radius 1 is 0.967 bits per heavy atom. The highest BCUT2D eigenvalue weighted by atomic mass is 32.3. The maximum absolute atomic E-state index is 13.1. The quantitative estimate of drug-likeness (QED) is 0.668. The van der Waals surface area contributed by atoms with Gasteiger partial charge in [0.05, 0.1) is 19.5 Å². The van der Waals surface area contributed by atoms with Crippen molar-refractivity contribution in [2.75, 3.05) is 11.5 Å². The summed E-state index contributed by atoms with van der Waals surface area (Å²) in [5, 5.41) is 0. The fraction of sp³-hybridized carbons (Fsp3) is 0.400. The first-order valence-corrected chi connectivity index (χ1v) is 14.2. The zero-order valence-electron chi connectivity index (χ0n) is 16.8. The molecule has 2 aromatic rings. The monoisotopic (exact) mass is 471 g/mol. The second kappa shape index (κ2) is 8.41. The lowest BCUT2D eigenvalue weighted by molar-refractivity contribution is 0.463. The molecule has 0 unspecified atom stereocenters. The van der Waals surface area contributed by atoms with Crippen molar-refractivity contribution in [2.45, 2.75) is 42.9 Å². The van der Waals surface area contributed by atoms with Crippen LogP contribution < -0.4 is 0 Å². The molecule has 164 valence electrons. The minimum atomic E-state index is -4.34. The van der Waals surface area contributed by atoms with Crippen molar-refractivity contribution in [3.05, 3.63) is 59.2 Å². The lowest BCUT2D eigenvalue weighted by Gasteiger charge is -2.25. The zero-order chi connectivity index (χ0) is 22.2.